The summed E-state index contributed by atoms with van der Waals surface area (Å²) in [5.74, 6) is -2.14. The van der Waals surface area contributed by atoms with Crippen LogP contribution in [0.25, 0.3) is 32.7 Å². The summed E-state index contributed by atoms with van der Waals surface area (Å²) in [6.45, 7) is 25.5. The van der Waals surface area contributed by atoms with Crippen LogP contribution in [0.1, 0.15) is 124 Å². The molecule has 3 aromatic rings. The number of hydrogen-bond acceptors (Lipinski definition) is 22. The fraction of sp³-hybridized carbons (Fsp3) is 0.712. The number of cyclic esters (lactones) is 1. The van der Waals surface area contributed by atoms with Crippen molar-refractivity contribution in [2.45, 2.75) is 150 Å². The predicted molar refractivity (Wildman–Crippen MR) is 350 cm³/mol. The first-order chi connectivity index (χ1) is 45.2. The second kappa shape index (κ2) is 41.1. The van der Waals surface area contributed by atoms with Gasteiger partial charge in [-0.05, 0) is 105 Å². The first-order valence-corrected chi connectivity index (χ1v) is 35.6. The average Bonchev–Trinajstić information content (AvgIpc) is 1.48. The van der Waals surface area contributed by atoms with E-state index in [1.807, 2.05) is 32.0 Å². The van der Waals surface area contributed by atoms with E-state index in [4.69, 9.17) is 73.2 Å². The number of hydrogen-bond donors (Lipinski definition) is 2. The molecule has 0 radical (unpaired) electrons. The van der Waals surface area contributed by atoms with Gasteiger partial charge in [0.1, 0.15) is 32.2 Å². The van der Waals surface area contributed by atoms with Gasteiger partial charge in [-0.1, -0.05) is 66.9 Å². The number of nitrogens with one attached hydrogen (secondary N) is 2. The minimum atomic E-state index is -2.16. The zero-order valence-electron chi connectivity index (χ0n) is 57.4. The molecule has 2 N–H and O–H groups in total. The second-order valence-corrected chi connectivity index (χ2v) is 29.3. The summed E-state index contributed by atoms with van der Waals surface area (Å²) in [6.07, 6.45) is 1.48. The Labute approximate surface area is 549 Å². The molecule has 0 fully saturated rings. The van der Waals surface area contributed by atoms with Gasteiger partial charge in [-0.25, -0.2) is 14.6 Å². The lowest BCUT2D eigenvalue weighted by atomic mass is 9.85. The van der Waals surface area contributed by atoms with Gasteiger partial charge in [0.2, 0.25) is 19.8 Å². The number of fused-ring (bicyclic) bond motifs is 5. The average molecular weight is 1330 g/mol. The number of aromatic nitrogens is 2. The van der Waals surface area contributed by atoms with E-state index < -0.39 is 49.5 Å². The SMILES string of the molecule is [3H]CCNCCCCC(CC(=O)COCC(=O)CCCOCCOCCOCCOCCOCCOCCOCCOCCN=[N+]=[N-])C(=O)NC(COC(=O)OC1(CC)C(=O)OCc2c1cc1n(c2=O)Cc2c-1nc1ccc(O[Si](C)(C)C(C)(C)C)cc1c2CC)C(C)C. The fourth-order valence-corrected chi connectivity index (χ4v) is 11.2. The zero-order chi connectivity index (χ0) is 68.4. The van der Waals surface area contributed by atoms with Crippen molar-refractivity contribution in [3.8, 4) is 17.1 Å². The highest BCUT2D eigenvalue weighted by molar-refractivity contribution is 6.74. The molecule has 0 spiro atoms. The van der Waals surface area contributed by atoms with E-state index in [0.717, 1.165) is 27.8 Å². The number of rotatable bonds is 50. The molecule has 4 heterocycles. The highest BCUT2D eigenvalue weighted by atomic mass is 28.4. The number of azide groups is 1. The molecule has 2 aliphatic heterocycles. The van der Waals surface area contributed by atoms with Crippen LogP contribution in [0.15, 0.2) is 34.2 Å². The Morgan fingerprint density at radius 3 is 1.98 bits per heavy atom. The van der Waals surface area contributed by atoms with Crippen LogP contribution < -0.4 is 20.6 Å². The molecule has 0 saturated heterocycles. The minimum absolute atomic E-state index is 0.0103. The Morgan fingerprint density at radius 1 is 0.806 bits per heavy atom. The van der Waals surface area contributed by atoms with Crippen LogP contribution in [0.4, 0.5) is 4.79 Å². The van der Waals surface area contributed by atoms with Gasteiger partial charge in [-0.3, -0.25) is 19.2 Å². The summed E-state index contributed by atoms with van der Waals surface area (Å²) in [4.78, 5) is 90.1. The van der Waals surface area contributed by atoms with Crippen LogP contribution in [0.3, 0.4) is 0 Å². The second-order valence-electron chi connectivity index (χ2n) is 24.6. The molecule has 520 valence electrons. The minimum Gasteiger partial charge on any atom is -0.543 e. The Balaban J connectivity index is 1.01. The number of esters is 1. The number of ketones is 2. The maximum absolute atomic E-state index is 14.5. The van der Waals surface area contributed by atoms with Crippen molar-refractivity contribution in [1.82, 2.24) is 20.2 Å². The van der Waals surface area contributed by atoms with Crippen LogP contribution in [0.2, 0.25) is 18.1 Å². The molecule has 2 aromatic heterocycles. The number of amides is 1. The van der Waals surface area contributed by atoms with E-state index in [9.17, 15) is 28.8 Å². The molecule has 2 aliphatic rings. The number of Topliss-reactive ketones (excluding diaryl/α,β-unsaturated/α-hetero) is 2. The lowest BCUT2D eigenvalue weighted by molar-refractivity contribution is -0.175. The van der Waals surface area contributed by atoms with Crippen molar-refractivity contribution < 1.29 is 86.6 Å². The molecule has 0 saturated carbocycles. The predicted octanol–water partition coefficient (Wildman–Crippen LogP) is 8.49. The molecule has 26 nitrogen and oxygen atoms in total. The van der Waals surface area contributed by atoms with Crippen LogP contribution >= 0.6 is 0 Å². The zero-order valence-corrected chi connectivity index (χ0v) is 57.4. The van der Waals surface area contributed by atoms with Crippen molar-refractivity contribution in [3.05, 3.63) is 67.3 Å². The largest absolute Gasteiger partial charge is 0.543 e. The molecule has 5 rings (SSSR count). The molecule has 93 heavy (non-hydrogen) atoms. The summed E-state index contributed by atoms with van der Waals surface area (Å²) < 4.78 is 82.2. The number of aryl methyl sites for hydroxylation is 1. The Kier molecular flexibility index (Phi) is 33.6. The van der Waals surface area contributed by atoms with Gasteiger partial charge >= 0.3 is 12.1 Å². The van der Waals surface area contributed by atoms with Crippen LogP contribution in [0, 0.1) is 11.8 Å². The van der Waals surface area contributed by atoms with Crippen LogP contribution in [-0.4, -0.2) is 199 Å². The molecule has 3 atom stereocenters. The molecular weight excluding hydrogens is 1220 g/mol. The third-order valence-corrected chi connectivity index (χ3v) is 20.9. The maximum Gasteiger partial charge on any atom is 0.509 e. The first kappa shape index (κ1) is 76.1. The van der Waals surface area contributed by atoms with Crippen LogP contribution in [-0.2, 0) is 101 Å². The van der Waals surface area contributed by atoms with Crippen molar-refractivity contribution in [3.63, 3.8) is 0 Å². The lowest BCUT2D eigenvalue weighted by Gasteiger charge is -2.36. The van der Waals surface area contributed by atoms with Crippen molar-refractivity contribution in [2.75, 3.05) is 145 Å². The van der Waals surface area contributed by atoms with Gasteiger partial charge in [0.25, 0.3) is 5.56 Å². The summed E-state index contributed by atoms with van der Waals surface area (Å²) in [5.41, 5.74) is 9.85. The standard InChI is InChI=1S/C66H103N7O19Si/c1-11-52-53-40-51(92-93(9,10)65(6,7)8)19-20-57(53)70-60-54(52)42-73-59(60)41-56-55(62(73)77)45-89-63(78)66(56,12-2)91-64(79)90-46-58(47(4)5)71-61(76)48(17-14-15-21-68-13-3)39-50(75)44-88-43-49(74)18-16-23-80-25-27-82-29-31-84-33-35-86-37-38-87-36-34-85-32-30-83-28-26-81-24-22-69-72-67/h19-20,40-41,47-48,58,68H,11-18,21-39,42-46H2,1-10H3,(H,71,76)/i3T. The van der Waals surface area contributed by atoms with E-state index in [-0.39, 0.29) is 92.8 Å². The van der Waals surface area contributed by atoms with E-state index in [0.29, 0.717) is 169 Å². The smallest absolute Gasteiger partial charge is 0.509 e. The molecule has 0 bridgehead atoms. The van der Waals surface area contributed by atoms with Gasteiger partial charge < -0.3 is 76.5 Å². The third kappa shape index (κ3) is 25.0. The van der Waals surface area contributed by atoms with Crippen molar-refractivity contribution in [1.29, 1.82) is 0 Å². The van der Waals surface area contributed by atoms with E-state index in [1.54, 1.807) is 17.6 Å². The molecular formula is C66H103N7O19Si. The quantitative estimate of drug-likeness (QED) is 0.0104. The van der Waals surface area contributed by atoms with Crippen LogP contribution in [0.5, 0.6) is 5.75 Å². The summed E-state index contributed by atoms with van der Waals surface area (Å²) in [7, 11) is -2.16. The lowest BCUT2D eigenvalue weighted by Crippen LogP contribution is -2.48. The fourth-order valence-electron chi connectivity index (χ4n) is 10.2. The van der Waals surface area contributed by atoms with Gasteiger partial charge in [0.05, 0.1) is 134 Å². The Hall–Kier alpha value is -5.94. The van der Waals surface area contributed by atoms with E-state index in [2.05, 4.69) is 61.4 Å². The number of nitrogens with zero attached hydrogens (tertiary/aromatic N) is 5. The van der Waals surface area contributed by atoms with E-state index >= 15 is 0 Å². The maximum atomic E-state index is 14.5. The summed E-state index contributed by atoms with van der Waals surface area (Å²) >= 11 is 0. The van der Waals surface area contributed by atoms with Gasteiger partial charge in [-0.15, -0.1) is 0 Å². The highest BCUT2D eigenvalue weighted by Crippen LogP contribution is 2.44. The molecule has 3 unspecified atom stereocenters. The van der Waals surface area contributed by atoms with E-state index in [1.165, 1.54) is 0 Å². The van der Waals surface area contributed by atoms with Gasteiger partial charge in [0, 0.05) is 54.7 Å². The molecule has 1 aromatic carbocycles. The normalized spacial score (nSPS) is 15.2. The topological polar surface area (TPSA) is 313 Å². The number of ether oxygens (including phenoxy) is 12. The number of unbranched alkanes of at least 4 members (excludes halogenated alkanes) is 1. The van der Waals surface area contributed by atoms with Crippen molar-refractivity contribution in [2.24, 2.45) is 17.0 Å². The van der Waals surface area contributed by atoms with Gasteiger partial charge in [0.15, 0.2) is 11.6 Å². The monoisotopic (exact) mass is 1330 g/mol. The summed E-state index contributed by atoms with van der Waals surface area (Å²) in [6, 6.07) is 6.86. The Bertz CT molecular complexity index is 2980. The highest BCUT2D eigenvalue weighted by Gasteiger charge is 2.51. The van der Waals surface area contributed by atoms with Crippen molar-refractivity contribution >= 4 is 48.8 Å². The third-order valence-electron chi connectivity index (χ3n) is 16.5. The number of carbonyl (C=O) groups is 5. The Morgan fingerprint density at radius 2 is 1.41 bits per heavy atom. The molecule has 0 aliphatic carbocycles. The first-order valence-electron chi connectivity index (χ1n) is 33.4. The van der Waals surface area contributed by atoms with Gasteiger partial charge in [-0.2, -0.15) is 0 Å². The molecule has 27 heteroatoms. The summed E-state index contributed by atoms with van der Waals surface area (Å²) in [5, 5.41) is 10.5. The number of pyridine rings is 2. The number of carbonyl (C=O) groups excluding carboxylic acids is 5. The number of benzene rings is 1. The molecule has 1 amide bonds.